The first kappa shape index (κ1) is 16.5. The largest absolute Gasteiger partial charge is 0.481 e. The van der Waals surface area contributed by atoms with E-state index in [9.17, 15) is 9.59 Å². The fraction of sp³-hybridized carbons (Fsp3) is 0.222. The number of nitrogens with two attached hydrogens (primary N) is 1. The molecule has 0 fully saturated rings. The number of hydrogen-bond donors (Lipinski definition) is 2. The van der Waals surface area contributed by atoms with E-state index in [1.807, 2.05) is 32.0 Å². The van der Waals surface area contributed by atoms with E-state index < -0.39 is 12.0 Å². The van der Waals surface area contributed by atoms with Gasteiger partial charge in [0.15, 0.2) is 6.10 Å². The van der Waals surface area contributed by atoms with Gasteiger partial charge in [-0.2, -0.15) is 0 Å². The van der Waals surface area contributed by atoms with Gasteiger partial charge < -0.3 is 15.8 Å². The van der Waals surface area contributed by atoms with Crippen LogP contribution in [-0.4, -0.2) is 17.9 Å². The molecule has 0 bridgehead atoms. The third-order valence-corrected chi connectivity index (χ3v) is 3.64. The Bertz CT molecular complexity index is 741. The van der Waals surface area contributed by atoms with Gasteiger partial charge in [-0.3, -0.25) is 9.59 Å². The normalized spacial score (nSPS) is 11.6. The van der Waals surface area contributed by atoms with E-state index in [0.29, 0.717) is 17.0 Å². The van der Waals surface area contributed by atoms with Crippen molar-refractivity contribution in [1.29, 1.82) is 0 Å². The molecule has 120 valence electrons. The van der Waals surface area contributed by atoms with Crippen molar-refractivity contribution in [1.82, 2.24) is 0 Å². The van der Waals surface area contributed by atoms with Crippen LogP contribution < -0.4 is 15.8 Å². The molecule has 0 unspecified atom stereocenters. The lowest BCUT2D eigenvalue weighted by Crippen LogP contribution is -2.30. The molecule has 2 aromatic carbocycles. The van der Waals surface area contributed by atoms with Gasteiger partial charge in [0.25, 0.3) is 5.91 Å². The van der Waals surface area contributed by atoms with Crippen LogP contribution in [0.5, 0.6) is 5.75 Å². The van der Waals surface area contributed by atoms with Gasteiger partial charge in [-0.15, -0.1) is 0 Å². The van der Waals surface area contributed by atoms with Crippen LogP contribution in [0.4, 0.5) is 5.69 Å². The van der Waals surface area contributed by atoms with Crippen LogP contribution in [0, 0.1) is 13.8 Å². The van der Waals surface area contributed by atoms with Crippen LogP contribution in [0.1, 0.15) is 28.4 Å². The Morgan fingerprint density at radius 2 is 1.83 bits per heavy atom. The molecule has 2 aromatic rings. The summed E-state index contributed by atoms with van der Waals surface area (Å²) in [7, 11) is 0. The third kappa shape index (κ3) is 4.10. The summed E-state index contributed by atoms with van der Waals surface area (Å²) < 4.78 is 5.73. The number of anilines is 1. The minimum Gasteiger partial charge on any atom is -0.481 e. The van der Waals surface area contributed by atoms with E-state index in [1.165, 1.54) is 6.07 Å². The Kier molecular flexibility index (Phi) is 5.01. The molecule has 23 heavy (non-hydrogen) atoms. The van der Waals surface area contributed by atoms with Crippen molar-refractivity contribution in [2.24, 2.45) is 5.73 Å². The average molecular weight is 312 g/mol. The number of carbonyl (C=O) groups is 2. The summed E-state index contributed by atoms with van der Waals surface area (Å²) in [5.74, 6) is -0.160. The van der Waals surface area contributed by atoms with Crippen LogP contribution >= 0.6 is 0 Å². The Labute approximate surface area is 135 Å². The van der Waals surface area contributed by atoms with Gasteiger partial charge >= 0.3 is 0 Å². The van der Waals surface area contributed by atoms with Crippen molar-refractivity contribution >= 4 is 17.5 Å². The van der Waals surface area contributed by atoms with E-state index in [4.69, 9.17) is 10.5 Å². The van der Waals surface area contributed by atoms with Crippen LogP contribution in [0.2, 0.25) is 0 Å². The number of primary amides is 1. The van der Waals surface area contributed by atoms with Gasteiger partial charge in [0.2, 0.25) is 5.91 Å². The summed E-state index contributed by atoms with van der Waals surface area (Å²) in [6, 6.07) is 12.2. The number of nitrogens with one attached hydrogen (secondary N) is 1. The summed E-state index contributed by atoms with van der Waals surface area (Å²) in [6.45, 7) is 5.61. The highest BCUT2D eigenvalue weighted by molar-refractivity contribution is 5.97. The lowest BCUT2D eigenvalue weighted by atomic mass is 10.1. The van der Waals surface area contributed by atoms with E-state index in [2.05, 4.69) is 5.32 Å². The SMILES string of the molecule is Cc1cccc(O[C@@H](C)C(=O)Nc2cccc(C(N)=O)c2)c1C. The number of benzene rings is 2. The van der Waals surface area contributed by atoms with Gasteiger partial charge in [0.1, 0.15) is 5.75 Å². The molecule has 0 heterocycles. The minimum atomic E-state index is -0.673. The Morgan fingerprint density at radius 1 is 1.13 bits per heavy atom. The topological polar surface area (TPSA) is 81.4 Å². The van der Waals surface area contributed by atoms with Crippen molar-refractivity contribution < 1.29 is 14.3 Å². The zero-order chi connectivity index (χ0) is 17.0. The number of amides is 2. The summed E-state index contributed by atoms with van der Waals surface area (Å²) >= 11 is 0. The third-order valence-electron chi connectivity index (χ3n) is 3.64. The Balaban J connectivity index is 2.07. The van der Waals surface area contributed by atoms with Gasteiger partial charge in [-0.05, 0) is 56.2 Å². The van der Waals surface area contributed by atoms with Gasteiger partial charge in [0, 0.05) is 11.3 Å². The fourth-order valence-corrected chi connectivity index (χ4v) is 2.09. The quantitative estimate of drug-likeness (QED) is 0.890. The lowest BCUT2D eigenvalue weighted by molar-refractivity contribution is -0.122. The van der Waals surface area contributed by atoms with Gasteiger partial charge in [-0.1, -0.05) is 18.2 Å². The molecule has 1 atom stereocenters. The van der Waals surface area contributed by atoms with E-state index in [1.54, 1.807) is 25.1 Å². The van der Waals surface area contributed by atoms with E-state index >= 15 is 0 Å². The first-order chi connectivity index (χ1) is 10.9. The highest BCUT2D eigenvalue weighted by Gasteiger charge is 2.16. The molecule has 0 saturated carbocycles. The maximum absolute atomic E-state index is 12.2. The van der Waals surface area contributed by atoms with Crippen LogP contribution in [0.25, 0.3) is 0 Å². The Hall–Kier alpha value is -2.82. The molecule has 0 aliphatic heterocycles. The zero-order valence-electron chi connectivity index (χ0n) is 13.4. The number of carbonyl (C=O) groups excluding carboxylic acids is 2. The molecule has 2 rings (SSSR count). The second-order valence-corrected chi connectivity index (χ2v) is 5.39. The van der Waals surface area contributed by atoms with Crippen molar-refractivity contribution in [3.63, 3.8) is 0 Å². The first-order valence-electron chi connectivity index (χ1n) is 7.32. The molecule has 0 aliphatic rings. The summed E-state index contributed by atoms with van der Waals surface area (Å²) in [5.41, 5.74) is 8.18. The molecule has 5 nitrogen and oxygen atoms in total. The number of hydrogen-bond acceptors (Lipinski definition) is 3. The predicted molar refractivity (Wildman–Crippen MR) is 89.6 cm³/mol. The second kappa shape index (κ2) is 6.96. The predicted octanol–water partition coefficient (Wildman–Crippen LogP) is 2.81. The molecule has 2 amide bonds. The maximum atomic E-state index is 12.2. The number of aryl methyl sites for hydroxylation is 1. The molecule has 0 saturated heterocycles. The molecular weight excluding hydrogens is 292 g/mol. The van der Waals surface area contributed by atoms with Crippen molar-refractivity contribution in [2.45, 2.75) is 26.9 Å². The number of rotatable bonds is 5. The summed E-state index contributed by atoms with van der Waals surface area (Å²) in [6.07, 6.45) is -0.673. The molecular formula is C18H20N2O3. The fourth-order valence-electron chi connectivity index (χ4n) is 2.09. The lowest BCUT2D eigenvalue weighted by Gasteiger charge is -2.17. The summed E-state index contributed by atoms with van der Waals surface area (Å²) in [5, 5.41) is 2.72. The van der Waals surface area contributed by atoms with Crippen LogP contribution in [-0.2, 0) is 4.79 Å². The standard InChI is InChI=1S/C18H20N2O3/c1-11-6-4-9-16(12(11)2)23-13(3)18(22)20-15-8-5-7-14(10-15)17(19)21/h4-10,13H,1-3H3,(H2,19,21)(H,20,22)/t13-/m0/s1. The summed E-state index contributed by atoms with van der Waals surface area (Å²) in [4.78, 5) is 23.4. The minimum absolute atomic E-state index is 0.299. The van der Waals surface area contributed by atoms with E-state index in [-0.39, 0.29) is 5.91 Å². The highest BCUT2D eigenvalue weighted by Crippen LogP contribution is 2.22. The van der Waals surface area contributed by atoms with Crippen molar-refractivity contribution in [2.75, 3.05) is 5.32 Å². The first-order valence-corrected chi connectivity index (χ1v) is 7.32. The van der Waals surface area contributed by atoms with Crippen molar-refractivity contribution in [3.05, 3.63) is 59.2 Å². The molecule has 0 aliphatic carbocycles. The second-order valence-electron chi connectivity index (χ2n) is 5.39. The molecule has 3 N–H and O–H groups in total. The average Bonchev–Trinajstić information content (AvgIpc) is 2.52. The monoisotopic (exact) mass is 312 g/mol. The highest BCUT2D eigenvalue weighted by atomic mass is 16.5. The van der Waals surface area contributed by atoms with Gasteiger partial charge in [0.05, 0.1) is 0 Å². The smallest absolute Gasteiger partial charge is 0.265 e. The van der Waals surface area contributed by atoms with Crippen LogP contribution in [0.3, 0.4) is 0 Å². The number of ether oxygens (including phenoxy) is 1. The molecule has 0 spiro atoms. The van der Waals surface area contributed by atoms with Crippen molar-refractivity contribution in [3.8, 4) is 5.75 Å². The van der Waals surface area contributed by atoms with Gasteiger partial charge in [-0.25, -0.2) is 0 Å². The molecule has 0 aromatic heterocycles. The Morgan fingerprint density at radius 3 is 2.52 bits per heavy atom. The molecule has 0 radical (unpaired) electrons. The molecule has 5 heteroatoms. The zero-order valence-corrected chi connectivity index (χ0v) is 13.4. The van der Waals surface area contributed by atoms with E-state index in [0.717, 1.165) is 11.1 Å². The van der Waals surface area contributed by atoms with Crippen LogP contribution in [0.15, 0.2) is 42.5 Å². The maximum Gasteiger partial charge on any atom is 0.265 e.